The number of nitrogens with one attached hydrogen (secondary N) is 1. The number of alkyl halides is 2. The van der Waals surface area contributed by atoms with Crippen molar-refractivity contribution in [1.82, 2.24) is 34.9 Å². The molecule has 0 aliphatic carbocycles. The van der Waals surface area contributed by atoms with Gasteiger partial charge in [0.2, 0.25) is 0 Å². The molecule has 15 nitrogen and oxygen atoms in total. The highest BCUT2D eigenvalue weighted by Crippen LogP contribution is 2.22. The van der Waals surface area contributed by atoms with E-state index in [1.807, 2.05) is 84.5 Å². The summed E-state index contributed by atoms with van der Waals surface area (Å²) in [6, 6.07) is 22.0. The maximum atomic E-state index is 13.3. The number of halogens is 2. The molecule has 6 rings (SSSR count). The van der Waals surface area contributed by atoms with Crippen LogP contribution in [0, 0.1) is 13.8 Å². The number of amides is 5. The van der Waals surface area contributed by atoms with Gasteiger partial charge < -0.3 is 30.7 Å². The number of nitrogens with zero attached hydrogens (tertiary/aromatic N) is 8. The van der Waals surface area contributed by atoms with E-state index in [0.29, 0.717) is 44.0 Å². The number of hydrogen-bond donors (Lipinski definition) is 2. The van der Waals surface area contributed by atoms with E-state index in [-0.39, 0.29) is 36.5 Å². The van der Waals surface area contributed by atoms with E-state index in [1.165, 1.54) is 18.5 Å². The van der Waals surface area contributed by atoms with Crippen LogP contribution >= 0.6 is 0 Å². The van der Waals surface area contributed by atoms with E-state index in [9.17, 15) is 32.8 Å². The number of aromatic nitrogens is 2. The van der Waals surface area contributed by atoms with Gasteiger partial charge in [0, 0.05) is 87.3 Å². The number of benzene rings is 2. The number of pyridine rings is 2. The van der Waals surface area contributed by atoms with Gasteiger partial charge in [-0.2, -0.15) is 8.78 Å². The molecule has 61 heavy (non-hydrogen) atoms. The van der Waals surface area contributed by atoms with Crippen LogP contribution in [0.4, 0.5) is 29.7 Å². The average molecular weight is 841 g/mol. The molecule has 2 aliphatic rings. The Kier molecular flexibility index (Phi) is 16.5. The Labute approximate surface area is 355 Å². The molecule has 3 N–H and O–H groups in total. The summed E-state index contributed by atoms with van der Waals surface area (Å²) in [7, 11) is 4.08. The van der Waals surface area contributed by atoms with Crippen LogP contribution in [0.2, 0.25) is 0 Å². The number of likely N-dealkylation sites (N-methyl/N-ethyl adjacent to an activating group) is 2. The number of rotatable bonds is 12. The van der Waals surface area contributed by atoms with Crippen LogP contribution in [0.15, 0.2) is 85.2 Å². The minimum Gasteiger partial charge on any atom is -0.344 e. The van der Waals surface area contributed by atoms with Crippen LogP contribution < -0.4 is 20.9 Å². The summed E-state index contributed by atoms with van der Waals surface area (Å²) in [5.41, 5.74) is 11.1. The molecule has 5 amide bonds. The van der Waals surface area contributed by atoms with Crippen molar-refractivity contribution < 1.29 is 32.8 Å². The largest absolute Gasteiger partial charge is 0.344 e. The number of urea groups is 2. The lowest BCUT2D eigenvalue weighted by molar-refractivity contribution is -0.131. The highest BCUT2D eigenvalue weighted by Gasteiger charge is 2.27. The molecule has 17 heteroatoms. The summed E-state index contributed by atoms with van der Waals surface area (Å²) in [6.45, 7) is 9.92. The number of aryl methyl sites for hydroxylation is 2. The Hall–Kier alpha value is -6.17. The van der Waals surface area contributed by atoms with Crippen LogP contribution in [0.25, 0.3) is 0 Å². The van der Waals surface area contributed by atoms with Gasteiger partial charge in [0.1, 0.15) is 0 Å². The Balaban J connectivity index is 0.000000234. The highest BCUT2D eigenvalue weighted by molar-refractivity contribution is 5.99. The zero-order chi connectivity index (χ0) is 44.1. The number of carbonyl (C=O) groups is 5. The zero-order valence-corrected chi connectivity index (χ0v) is 35.1. The Morgan fingerprint density at radius 1 is 0.623 bits per heavy atom. The van der Waals surface area contributed by atoms with Crippen molar-refractivity contribution in [3.8, 4) is 0 Å². The van der Waals surface area contributed by atoms with Gasteiger partial charge in [-0.3, -0.25) is 34.2 Å². The molecule has 4 heterocycles. The second-order valence-electron chi connectivity index (χ2n) is 15.1. The van der Waals surface area contributed by atoms with Gasteiger partial charge in [-0.25, -0.2) is 9.59 Å². The fourth-order valence-corrected chi connectivity index (χ4v) is 6.48. The third kappa shape index (κ3) is 13.2. The summed E-state index contributed by atoms with van der Waals surface area (Å²) in [5, 5.41) is 1.88. The van der Waals surface area contributed by atoms with Crippen LogP contribution in [0.1, 0.15) is 43.2 Å². The van der Waals surface area contributed by atoms with Gasteiger partial charge in [0.15, 0.2) is 11.6 Å². The molecule has 0 radical (unpaired) electrons. The molecule has 2 aliphatic heterocycles. The topological polar surface area (TPSA) is 169 Å². The SMILES string of the molecule is Cc1ccc(N(Cc2ccc(C(=O)CN)cn2)C(=O)N2CCN(C)CC2)cc1.Cc1ccc(N(Cc2ccc(C(=O)CNC(=O)C(F)F)cn2)C(=O)N2CCN(C)CC2)cc1. The predicted molar refractivity (Wildman–Crippen MR) is 229 cm³/mol. The van der Waals surface area contributed by atoms with Gasteiger partial charge in [0.25, 0.3) is 5.91 Å². The second kappa shape index (κ2) is 21.9. The molecular weight excluding hydrogens is 787 g/mol. The first-order valence-electron chi connectivity index (χ1n) is 20.1. The van der Waals surface area contributed by atoms with Crippen molar-refractivity contribution in [3.05, 3.63) is 119 Å². The lowest BCUT2D eigenvalue weighted by atomic mass is 10.1. The number of Topliss-reactive ketones (excluding diaryl/α,β-unsaturated/α-hetero) is 2. The third-order valence-corrected chi connectivity index (χ3v) is 10.4. The molecule has 0 unspecified atom stereocenters. The average Bonchev–Trinajstić information content (AvgIpc) is 3.27. The molecule has 4 aromatic rings. The normalized spacial score (nSPS) is 14.5. The smallest absolute Gasteiger partial charge is 0.324 e. The fraction of sp³-hybridized carbons (Fsp3) is 0.386. The van der Waals surface area contributed by atoms with Gasteiger partial charge in [0.05, 0.1) is 37.6 Å². The maximum absolute atomic E-state index is 13.3. The lowest BCUT2D eigenvalue weighted by Crippen LogP contribution is -2.52. The maximum Gasteiger partial charge on any atom is 0.324 e. The Morgan fingerprint density at radius 3 is 1.36 bits per heavy atom. The number of hydrogen-bond acceptors (Lipinski definition) is 10. The van der Waals surface area contributed by atoms with E-state index >= 15 is 0 Å². The van der Waals surface area contributed by atoms with Crippen molar-refractivity contribution in [2.24, 2.45) is 5.73 Å². The number of anilines is 2. The first-order chi connectivity index (χ1) is 29.2. The first kappa shape index (κ1) is 45.9. The molecule has 0 spiro atoms. The van der Waals surface area contributed by atoms with Crippen molar-refractivity contribution in [2.45, 2.75) is 33.4 Å². The van der Waals surface area contributed by atoms with E-state index in [0.717, 1.165) is 54.4 Å². The molecule has 2 saturated heterocycles. The summed E-state index contributed by atoms with van der Waals surface area (Å²) >= 11 is 0. The van der Waals surface area contributed by atoms with Crippen molar-refractivity contribution in [2.75, 3.05) is 89.3 Å². The lowest BCUT2D eigenvalue weighted by Gasteiger charge is -2.36. The fourth-order valence-electron chi connectivity index (χ4n) is 6.48. The van der Waals surface area contributed by atoms with E-state index < -0.39 is 24.7 Å². The van der Waals surface area contributed by atoms with Crippen LogP contribution in [-0.4, -0.2) is 145 Å². The monoisotopic (exact) mass is 840 g/mol. The number of carbonyl (C=O) groups excluding carboxylic acids is 5. The van der Waals surface area contributed by atoms with Crippen molar-refractivity contribution in [3.63, 3.8) is 0 Å². The molecule has 0 bridgehead atoms. The molecule has 2 aromatic heterocycles. The van der Waals surface area contributed by atoms with E-state index in [4.69, 9.17) is 5.73 Å². The summed E-state index contributed by atoms with van der Waals surface area (Å²) in [6.07, 6.45) is -0.332. The van der Waals surface area contributed by atoms with Crippen LogP contribution in [0.3, 0.4) is 0 Å². The zero-order valence-electron chi connectivity index (χ0n) is 35.1. The molecule has 324 valence electrons. The highest BCUT2D eigenvalue weighted by atomic mass is 19.3. The molecule has 0 atom stereocenters. The number of ketones is 2. The number of nitrogens with two attached hydrogens (primary N) is 1. The van der Waals surface area contributed by atoms with Gasteiger partial charge in [-0.15, -0.1) is 0 Å². The summed E-state index contributed by atoms with van der Waals surface area (Å²) in [5.74, 6) is -2.18. The van der Waals surface area contributed by atoms with Crippen LogP contribution in [0.5, 0.6) is 0 Å². The van der Waals surface area contributed by atoms with Gasteiger partial charge in [-0.1, -0.05) is 35.4 Å². The first-order valence-corrected chi connectivity index (χ1v) is 20.1. The Morgan fingerprint density at radius 2 is 1.02 bits per heavy atom. The van der Waals surface area contributed by atoms with Crippen molar-refractivity contribution in [1.29, 1.82) is 0 Å². The van der Waals surface area contributed by atoms with Gasteiger partial charge in [-0.05, 0) is 76.5 Å². The van der Waals surface area contributed by atoms with Crippen LogP contribution in [-0.2, 0) is 17.9 Å². The minimum atomic E-state index is -3.18. The second-order valence-corrected chi connectivity index (χ2v) is 15.1. The molecule has 2 fully saturated rings. The molecule has 2 aromatic carbocycles. The predicted octanol–water partition coefficient (Wildman–Crippen LogP) is 4.23. The standard InChI is InChI=1S/C23H27F2N5O3.C21H27N5O2/c1-16-3-7-19(8-4-16)30(23(33)29-11-9-28(2)10-12-29)15-18-6-5-17(13-26-18)20(31)14-27-22(32)21(24)25;1-16-3-7-19(8-4-16)26(21(28)25-11-9-24(2)10-12-25)15-18-6-5-17(14-23-18)20(27)13-22/h3-8,13,21H,9-12,14-15H2,1-2H3,(H,27,32);3-8,14H,9-13,15,22H2,1-2H3. The summed E-state index contributed by atoms with van der Waals surface area (Å²) in [4.78, 5) is 81.5. The van der Waals surface area contributed by atoms with E-state index in [2.05, 4.69) is 26.8 Å². The minimum absolute atomic E-state index is 0.0270. The Bertz CT molecular complexity index is 2090. The molecular formula is C44H54F2N10O5. The third-order valence-electron chi connectivity index (χ3n) is 10.4. The number of piperazine rings is 2. The van der Waals surface area contributed by atoms with Gasteiger partial charge >= 0.3 is 18.5 Å². The summed E-state index contributed by atoms with van der Waals surface area (Å²) < 4.78 is 24.5. The quantitative estimate of drug-likeness (QED) is 0.197. The van der Waals surface area contributed by atoms with Crippen molar-refractivity contribution >= 4 is 40.9 Å². The van der Waals surface area contributed by atoms with E-state index in [1.54, 1.807) is 28.0 Å². The molecule has 0 saturated carbocycles.